The number of furan rings is 1. The molecule has 144 valence electrons. The molecule has 0 aliphatic rings. The maximum atomic E-state index is 11.9. The number of anilines is 1. The summed E-state index contributed by atoms with van der Waals surface area (Å²) in [5.41, 5.74) is 9.19. The second kappa shape index (κ2) is 6.69. The molecule has 0 fully saturated rings. The molecule has 0 spiro atoms. The summed E-state index contributed by atoms with van der Waals surface area (Å²) < 4.78 is 17.0. The van der Waals surface area contributed by atoms with Gasteiger partial charge in [0.25, 0.3) is 0 Å². The Bertz CT molecular complexity index is 1010. The van der Waals surface area contributed by atoms with Crippen molar-refractivity contribution >= 4 is 41.9 Å². The number of nitrogens with two attached hydrogens (primary N) is 1. The lowest BCUT2D eigenvalue weighted by Crippen LogP contribution is -2.40. The van der Waals surface area contributed by atoms with E-state index >= 15 is 0 Å². The smallest absolute Gasteiger partial charge is 0.340 e. The fraction of sp³-hybridized carbons (Fsp3) is 0.381. The van der Waals surface area contributed by atoms with Crippen LogP contribution in [0.5, 0.6) is 0 Å². The zero-order chi connectivity index (χ0) is 20.0. The van der Waals surface area contributed by atoms with Crippen molar-refractivity contribution in [3.8, 4) is 0 Å². The molecule has 2 N–H and O–H groups in total. The lowest BCUT2D eigenvalue weighted by atomic mass is 10.1. The van der Waals surface area contributed by atoms with Crippen molar-refractivity contribution in [2.45, 2.75) is 45.5 Å². The van der Waals surface area contributed by atoms with Crippen molar-refractivity contribution in [2.75, 3.05) is 12.8 Å². The van der Waals surface area contributed by atoms with E-state index in [2.05, 4.69) is 39.9 Å². The standard InChI is InChI=1S/C21H27NO4Si/c1-21(2,3)27(5,6)25-12-13-7-8-18-14(9-13)15-10-17(22)16(20(23)24-4)11-19(15)26-18/h7-11H,12,22H2,1-6H3. The lowest BCUT2D eigenvalue weighted by molar-refractivity contribution is 0.0602. The molecule has 0 saturated heterocycles. The van der Waals surface area contributed by atoms with E-state index in [1.807, 2.05) is 12.1 Å². The summed E-state index contributed by atoms with van der Waals surface area (Å²) in [6.07, 6.45) is 0. The third-order valence-corrected chi connectivity index (χ3v) is 10.00. The highest BCUT2D eigenvalue weighted by Crippen LogP contribution is 2.38. The fourth-order valence-electron chi connectivity index (χ4n) is 2.74. The Morgan fingerprint density at radius 2 is 1.78 bits per heavy atom. The molecule has 27 heavy (non-hydrogen) atoms. The van der Waals surface area contributed by atoms with Crippen LogP contribution in [-0.2, 0) is 15.8 Å². The number of benzene rings is 2. The minimum atomic E-state index is -1.82. The molecule has 1 aromatic heterocycles. The zero-order valence-electron chi connectivity index (χ0n) is 16.8. The highest BCUT2D eigenvalue weighted by molar-refractivity contribution is 6.74. The number of rotatable bonds is 4. The maximum absolute atomic E-state index is 11.9. The first-order valence-corrected chi connectivity index (χ1v) is 11.9. The average molecular weight is 386 g/mol. The highest BCUT2D eigenvalue weighted by atomic mass is 28.4. The summed E-state index contributed by atoms with van der Waals surface area (Å²) in [7, 11) is -0.488. The Kier molecular flexibility index (Phi) is 4.82. The molecular formula is C21H27NO4Si. The third kappa shape index (κ3) is 3.59. The molecule has 3 rings (SSSR count). The van der Waals surface area contributed by atoms with Crippen LogP contribution in [0.3, 0.4) is 0 Å². The predicted molar refractivity (Wildman–Crippen MR) is 111 cm³/mol. The maximum Gasteiger partial charge on any atom is 0.340 e. The summed E-state index contributed by atoms with van der Waals surface area (Å²) in [5.74, 6) is -0.474. The Morgan fingerprint density at radius 1 is 1.11 bits per heavy atom. The van der Waals surface area contributed by atoms with Crippen LogP contribution >= 0.6 is 0 Å². The molecule has 0 bridgehead atoms. The summed E-state index contributed by atoms with van der Waals surface area (Å²) in [6, 6.07) is 9.44. The number of carbonyl (C=O) groups is 1. The van der Waals surface area contributed by atoms with Gasteiger partial charge in [-0.3, -0.25) is 0 Å². The molecule has 6 heteroatoms. The Morgan fingerprint density at radius 3 is 2.41 bits per heavy atom. The summed E-state index contributed by atoms with van der Waals surface area (Å²) in [6.45, 7) is 11.7. The molecule has 5 nitrogen and oxygen atoms in total. The summed E-state index contributed by atoms with van der Waals surface area (Å²) in [4.78, 5) is 11.9. The number of ether oxygens (including phenoxy) is 1. The fourth-order valence-corrected chi connectivity index (χ4v) is 3.70. The van der Waals surface area contributed by atoms with Gasteiger partial charge in [0.15, 0.2) is 8.32 Å². The molecule has 0 saturated carbocycles. The number of carbonyl (C=O) groups excluding carboxylic acids is 1. The van der Waals surface area contributed by atoms with Crippen molar-refractivity contribution in [1.82, 2.24) is 0 Å². The molecule has 0 amide bonds. The van der Waals surface area contributed by atoms with E-state index in [9.17, 15) is 4.79 Å². The molecule has 0 atom stereocenters. The van der Waals surface area contributed by atoms with Gasteiger partial charge < -0.3 is 19.3 Å². The van der Waals surface area contributed by atoms with Gasteiger partial charge in [-0.15, -0.1) is 0 Å². The Hall–Kier alpha value is -2.31. The van der Waals surface area contributed by atoms with Crippen LogP contribution in [0, 0.1) is 0 Å². The average Bonchev–Trinajstić information content (AvgIpc) is 2.94. The molecule has 1 heterocycles. The van der Waals surface area contributed by atoms with Gasteiger partial charge in [-0.25, -0.2) is 4.79 Å². The number of esters is 1. The van der Waals surface area contributed by atoms with Gasteiger partial charge >= 0.3 is 5.97 Å². The van der Waals surface area contributed by atoms with Gasteiger partial charge in [0.2, 0.25) is 0 Å². The van der Waals surface area contributed by atoms with Crippen LogP contribution in [0.1, 0.15) is 36.7 Å². The van der Waals surface area contributed by atoms with E-state index in [4.69, 9.17) is 19.3 Å². The van der Waals surface area contributed by atoms with Gasteiger partial charge in [-0.05, 0) is 48.0 Å². The topological polar surface area (TPSA) is 74.7 Å². The molecular weight excluding hydrogens is 358 g/mol. The molecule has 2 aromatic carbocycles. The molecule has 0 unspecified atom stereocenters. The van der Waals surface area contributed by atoms with Crippen molar-refractivity contribution < 1.29 is 18.4 Å². The van der Waals surface area contributed by atoms with E-state index < -0.39 is 14.3 Å². The van der Waals surface area contributed by atoms with Crippen molar-refractivity contribution in [1.29, 1.82) is 0 Å². The lowest BCUT2D eigenvalue weighted by Gasteiger charge is -2.36. The zero-order valence-corrected chi connectivity index (χ0v) is 17.8. The van der Waals surface area contributed by atoms with E-state index in [0.717, 1.165) is 21.9 Å². The van der Waals surface area contributed by atoms with Gasteiger partial charge in [0, 0.05) is 16.5 Å². The van der Waals surface area contributed by atoms with E-state index in [1.165, 1.54) is 7.11 Å². The Balaban J connectivity index is 1.98. The third-order valence-electron chi connectivity index (χ3n) is 5.52. The molecule has 0 radical (unpaired) electrons. The minimum absolute atomic E-state index is 0.165. The number of methoxy groups -OCH3 is 1. The number of hydrogen-bond acceptors (Lipinski definition) is 5. The van der Waals surface area contributed by atoms with Crippen molar-refractivity contribution in [3.05, 3.63) is 41.5 Å². The quantitative estimate of drug-likeness (QED) is 0.366. The molecule has 0 aliphatic heterocycles. The SMILES string of the molecule is COC(=O)c1cc2oc3ccc(CO[Si](C)(C)C(C)(C)C)cc3c2cc1N. The van der Waals surface area contributed by atoms with E-state index in [-0.39, 0.29) is 5.04 Å². The van der Waals surface area contributed by atoms with Gasteiger partial charge in [-0.1, -0.05) is 26.8 Å². The number of nitrogen functional groups attached to an aromatic ring is 1. The van der Waals surface area contributed by atoms with Crippen LogP contribution < -0.4 is 5.73 Å². The van der Waals surface area contributed by atoms with Crippen LogP contribution in [0.15, 0.2) is 34.7 Å². The van der Waals surface area contributed by atoms with Crippen LogP contribution in [0.4, 0.5) is 5.69 Å². The van der Waals surface area contributed by atoms with Gasteiger partial charge in [0.05, 0.1) is 19.3 Å². The van der Waals surface area contributed by atoms with Gasteiger partial charge in [0.1, 0.15) is 11.2 Å². The predicted octanol–water partition coefficient (Wildman–Crippen LogP) is 5.48. The highest BCUT2D eigenvalue weighted by Gasteiger charge is 2.37. The second-order valence-corrected chi connectivity index (χ2v) is 13.2. The van der Waals surface area contributed by atoms with Crippen LogP contribution in [0.25, 0.3) is 21.9 Å². The van der Waals surface area contributed by atoms with Crippen LogP contribution in [-0.4, -0.2) is 21.4 Å². The van der Waals surface area contributed by atoms with Crippen molar-refractivity contribution in [2.24, 2.45) is 0 Å². The first-order chi connectivity index (χ1) is 12.5. The van der Waals surface area contributed by atoms with E-state index in [1.54, 1.807) is 12.1 Å². The normalized spacial score (nSPS) is 12.7. The summed E-state index contributed by atoms with van der Waals surface area (Å²) in [5, 5.41) is 2.01. The molecule has 0 aliphatic carbocycles. The summed E-state index contributed by atoms with van der Waals surface area (Å²) >= 11 is 0. The first-order valence-electron chi connectivity index (χ1n) is 9.00. The van der Waals surface area contributed by atoms with Crippen molar-refractivity contribution in [3.63, 3.8) is 0 Å². The monoisotopic (exact) mass is 385 g/mol. The first kappa shape index (κ1) is 19.4. The van der Waals surface area contributed by atoms with Crippen LogP contribution in [0.2, 0.25) is 18.1 Å². The number of fused-ring (bicyclic) bond motifs is 3. The second-order valence-electron chi connectivity index (χ2n) is 8.41. The minimum Gasteiger partial charge on any atom is -0.465 e. The van der Waals surface area contributed by atoms with Gasteiger partial charge in [-0.2, -0.15) is 0 Å². The largest absolute Gasteiger partial charge is 0.465 e. The van der Waals surface area contributed by atoms with E-state index in [0.29, 0.717) is 23.4 Å². The number of hydrogen-bond donors (Lipinski definition) is 1. The Labute approximate surface area is 160 Å². The molecule has 3 aromatic rings.